The van der Waals surface area contributed by atoms with Gasteiger partial charge in [0.15, 0.2) is 0 Å². The highest BCUT2D eigenvalue weighted by Gasteiger charge is 2.18. The van der Waals surface area contributed by atoms with Crippen LogP contribution in [0.25, 0.3) is 22.4 Å². The van der Waals surface area contributed by atoms with E-state index in [0.717, 1.165) is 36.8 Å². The second-order valence-electron chi connectivity index (χ2n) is 4.93. The summed E-state index contributed by atoms with van der Waals surface area (Å²) in [6.45, 7) is 0. The first kappa shape index (κ1) is 17.8. The van der Waals surface area contributed by atoms with Gasteiger partial charge in [0.25, 0.3) is 0 Å². The molecule has 3 rings (SSSR count). The maximum atomic E-state index is 6.21. The Morgan fingerprint density at radius 3 is 2.29 bits per heavy atom. The zero-order valence-electron chi connectivity index (χ0n) is 13.1. The lowest BCUT2D eigenvalue weighted by Gasteiger charge is -2.15. The maximum absolute atomic E-state index is 6.21. The molecule has 0 bridgehead atoms. The number of benzene rings is 2. The van der Waals surface area contributed by atoms with Crippen LogP contribution in [0, 0.1) is 0 Å². The second-order valence-corrected chi connectivity index (χ2v) is 7.83. The Kier molecular flexibility index (Phi) is 5.87. The van der Waals surface area contributed by atoms with E-state index >= 15 is 0 Å². The summed E-state index contributed by atoms with van der Waals surface area (Å²) in [6, 6.07) is 16.4. The highest BCUT2D eigenvalue weighted by Crippen LogP contribution is 2.40. The fourth-order valence-electron chi connectivity index (χ4n) is 2.47. The lowest BCUT2D eigenvalue weighted by molar-refractivity contribution is 1.06. The molecule has 0 saturated heterocycles. The number of halogens is 2. The third-order valence-electron chi connectivity index (χ3n) is 3.54. The van der Waals surface area contributed by atoms with Crippen molar-refractivity contribution in [2.24, 2.45) is 0 Å². The summed E-state index contributed by atoms with van der Waals surface area (Å²) in [4.78, 5) is 10.2. The molecule has 0 fully saturated rings. The van der Waals surface area contributed by atoms with E-state index in [-0.39, 0.29) is 5.28 Å². The minimum absolute atomic E-state index is 0.270. The predicted molar refractivity (Wildman–Crippen MR) is 109 cm³/mol. The summed E-state index contributed by atoms with van der Waals surface area (Å²) >= 11 is 13.0. The molecule has 0 aliphatic carbocycles. The van der Waals surface area contributed by atoms with Gasteiger partial charge in [-0.3, -0.25) is 0 Å². The van der Waals surface area contributed by atoms with Gasteiger partial charge in [-0.1, -0.05) is 46.3 Å². The first-order chi connectivity index (χ1) is 11.6. The minimum atomic E-state index is 0.270. The van der Waals surface area contributed by atoms with Gasteiger partial charge in [0.1, 0.15) is 5.03 Å². The van der Waals surface area contributed by atoms with Crippen LogP contribution in [0.4, 0.5) is 0 Å². The number of aromatic nitrogens is 2. The Morgan fingerprint density at radius 1 is 0.917 bits per heavy atom. The van der Waals surface area contributed by atoms with Crippen molar-refractivity contribution in [3.05, 3.63) is 58.3 Å². The summed E-state index contributed by atoms with van der Waals surface area (Å²) in [5.74, 6) is 0. The van der Waals surface area contributed by atoms with E-state index < -0.39 is 0 Å². The van der Waals surface area contributed by atoms with Gasteiger partial charge in [0.2, 0.25) is 5.28 Å². The van der Waals surface area contributed by atoms with Crippen LogP contribution in [0.1, 0.15) is 0 Å². The van der Waals surface area contributed by atoms with Crippen LogP contribution in [0.5, 0.6) is 0 Å². The minimum Gasteiger partial charge on any atom is -0.217 e. The molecule has 0 unspecified atom stereocenters. The van der Waals surface area contributed by atoms with Crippen molar-refractivity contribution in [2.45, 2.75) is 9.92 Å². The molecule has 24 heavy (non-hydrogen) atoms. The van der Waals surface area contributed by atoms with Gasteiger partial charge < -0.3 is 0 Å². The van der Waals surface area contributed by atoms with Gasteiger partial charge in [0, 0.05) is 20.5 Å². The van der Waals surface area contributed by atoms with Crippen molar-refractivity contribution in [1.29, 1.82) is 0 Å². The zero-order chi connectivity index (χ0) is 17.1. The predicted octanol–water partition coefficient (Wildman–Crippen LogP) is 6.67. The van der Waals surface area contributed by atoms with Crippen molar-refractivity contribution in [1.82, 2.24) is 9.97 Å². The molecule has 0 radical (unpaired) electrons. The van der Waals surface area contributed by atoms with Crippen LogP contribution < -0.4 is 0 Å². The topological polar surface area (TPSA) is 25.8 Å². The molecule has 0 aliphatic heterocycles. The van der Waals surface area contributed by atoms with Crippen LogP contribution in [0.15, 0.2) is 62.9 Å². The summed E-state index contributed by atoms with van der Waals surface area (Å²) in [5, 5.41) is 1.15. The van der Waals surface area contributed by atoms with Gasteiger partial charge >= 0.3 is 0 Å². The molecule has 2 aromatic carbocycles. The summed E-state index contributed by atoms with van der Waals surface area (Å²) in [6.07, 6.45) is 4.07. The van der Waals surface area contributed by atoms with Crippen molar-refractivity contribution < 1.29 is 0 Å². The summed E-state index contributed by atoms with van der Waals surface area (Å²) in [7, 11) is 0. The maximum Gasteiger partial charge on any atom is 0.224 e. The fourth-order valence-corrected chi connectivity index (χ4v) is 4.15. The van der Waals surface area contributed by atoms with Gasteiger partial charge in [-0.05, 0) is 47.9 Å². The van der Waals surface area contributed by atoms with E-state index in [2.05, 4.69) is 56.4 Å². The normalized spacial score (nSPS) is 10.8. The van der Waals surface area contributed by atoms with Crippen molar-refractivity contribution in [2.75, 3.05) is 12.5 Å². The molecule has 0 aliphatic rings. The van der Waals surface area contributed by atoms with Crippen LogP contribution in [0.2, 0.25) is 5.28 Å². The molecule has 6 heteroatoms. The van der Waals surface area contributed by atoms with Crippen molar-refractivity contribution >= 4 is 51.1 Å². The molecule has 0 amide bonds. The van der Waals surface area contributed by atoms with Crippen LogP contribution in [0.3, 0.4) is 0 Å². The van der Waals surface area contributed by atoms with Crippen LogP contribution in [-0.4, -0.2) is 22.5 Å². The lowest BCUT2D eigenvalue weighted by Crippen LogP contribution is -1.97. The van der Waals surface area contributed by atoms with Gasteiger partial charge in [-0.15, -0.1) is 23.5 Å². The van der Waals surface area contributed by atoms with Gasteiger partial charge in [-0.25, -0.2) is 9.97 Å². The molecule has 1 aromatic heterocycles. The van der Waals surface area contributed by atoms with Gasteiger partial charge in [0.05, 0.1) is 5.69 Å². The first-order valence-electron chi connectivity index (χ1n) is 7.15. The molecule has 1 heterocycles. The number of hydrogen-bond acceptors (Lipinski definition) is 4. The number of nitrogens with zero attached hydrogens (tertiary/aromatic N) is 2. The van der Waals surface area contributed by atoms with Crippen molar-refractivity contribution in [3.63, 3.8) is 0 Å². The average Bonchev–Trinajstić information content (AvgIpc) is 2.61. The van der Waals surface area contributed by atoms with E-state index in [1.807, 2.05) is 30.5 Å². The fraction of sp³-hybridized carbons (Fsp3) is 0.111. The Balaban J connectivity index is 2.32. The number of rotatable bonds is 4. The Bertz CT molecular complexity index is 869. The smallest absolute Gasteiger partial charge is 0.217 e. The zero-order valence-corrected chi connectivity index (χ0v) is 17.1. The highest BCUT2D eigenvalue weighted by atomic mass is 79.9. The second kappa shape index (κ2) is 7.91. The quantitative estimate of drug-likeness (QED) is 0.258. The third-order valence-corrected chi connectivity index (χ3v) is 5.71. The highest BCUT2D eigenvalue weighted by molar-refractivity contribution is 9.10. The van der Waals surface area contributed by atoms with Crippen LogP contribution >= 0.6 is 51.1 Å². The largest absolute Gasteiger partial charge is 0.224 e. The number of thioether (sulfide) groups is 2. The van der Waals surface area contributed by atoms with Gasteiger partial charge in [-0.2, -0.15) is 0 Å². The van der Waals surface area contributed by atoms with E-state index in [0.29, 0.717) is 0 Å². The van der Waals surface area contributed by atoms with E-state index in [1.165, 1.54) is 0 Å². The molecule has 3 aromatic rings. The molecule has 0 atom stereocenters. The Labute approximate surface area is 163 Å². The molecule has 0 spiro atoms. The Morgan fingerprint density at radius 2 is 1.62 bits per heavy atom. The monoisotopic (exact) mass is 436 g/mol. The molecular formula is C18H14BrClN2S2. The standard InChI is InChI=1S/C18H14BrClN2S2/c1-23-14-6-4-3-5-13(14)16-15(11-7-9-12(19)10-8-11)17(24-2)22-18(20)21-16/h3-10H,1-2H3. The molecule has 2 nitrogen and oxygen atoms in total. The van der Waals surface area contributed by atoms with Crippen LogP contribution in [-0.2, 0) is 0 Å². The van der Waals surface area contributed by atoms with E-state index in [4.69, 9.17) is 11.6 Å². The molecular weight excluding hydrogens is 424 g/mol. The molecule has 0 N–H and O–H groups in total. The molecule has 122 valence electrons. The first-order valence-corrected chi connectivity index (χ1v) is 10.8. The average molecular weight is 438 g/mol. The van der Waals surface area contributed by atoms with E-state index in [9.17, 15) is 0 Å². The number of hydrogen-bond donors (Lipinski definition) is 0. The van der Waals surface area contributed by atoms with Crippen molar-refractivity contribution in [3.8, 4) is 22.4 Å². The lowest BCUT2D eigenvalue weighted by atomic mass is 10.0. The Hall–Kier alpha value is -1.01. The SMILES string of the molecule is CSc1ccccc1-c1nc(Cl)nc(SC)c1-c1ccc(Br)cc1. The molecule has 0 saturated carbocycles. The third kappa shape index (κ3) is 3.64. The van der Waals surface area contributed by atoms with E-state index in [1.54, 1.807) is 23.5 Å². The summed E-state index contributed by atoms with van der Waals surface area (Å²) < 4.78 is 1.04. The summed E-state index contributed by atoms with van der Waals surface area (Å²) in [5.41, 5.74) is 4.03.